The van der Waals surface area contributed by atoms with E-state index in [4.69, 9.17) is 0 Å². The van der Waals surface area contributed by atoms with Crippen LogP contribution in [-0.4, -0.2) is 38.3 Å². The molecule has 0 aliphatic heterocycles. The lowest BCUT2D eigenvalue weighted by molar-refractivity contribution is 0.0851. The summed E-state index contributed by atoms with van der Waals surface area (Å²) in [6, 6.07) is 0. The Labute approximate surface area is 125 Å². The standard InChI is InChI=1S/C13H17BrN4O2/c1-3-8(2)11(19)6-16-13(20)10-5-17-18-7-9(14)4-15-12(10)18/h4-5,7-8,11,19H,3,6H2,1-2H3,(H,16,20). The molecule has 0 saturated heterocycles. The van der Waals surface area contributed by atoms with Crippen molar-refractivity contribution in [2.75, 3.05) is 6.54 Å². The van der Waals surface area contributed by atoms with Crippen molar-refractivity contribution in [1.82, 2.24) is 19.9 Å². The van der Waals surface area contributed by atoms with Crippen LogP contribution in [0.5, 0.6) is 0 Å². The molecule has 0 spiro atoms. The molecule has 0 bridgehead atoms. The molecule has 2 unspecified atom stereocenters. The third-order valence-electron chi connectivity index (χ3n) is 3.34. The molecule has 7 heteroatoms. The number of aliphatic hydroxyl groups excluding tert-OH is 1. The topological polar surface area (TPSA) is 79.5 Å². The molecule has 2 aromatic heterocycles. The third-order valence-corrected chi connectivity index (χ3v) is 3.75. The molecule has 6 nitrogen and oxygen atoms in total. The summed E-state index contributed by atoms with van der Waals surface area (Å²) in [5, 5.41) is 16.6. The zero-order chi connectivity index (χ0) is 14.7. The normalized spacial score (nSPS) is 14.2. The number of aliphatic hydroxyl groups is 1. The first-order valence-corrected chi connectivity index (χ1v) is 7.27. The lowest BCUT2D eigenvalue weighted by Gasteiger charge is -2.17. The van der Waals surface area contributed by atoms with Gasteiger partial charge in [0.15, 0.2) is 5.65 Å². The number of rotatable bonds is 5. The molecule has 2 heterocycles. The van der Waals surface area contributed by atoms with Crippen molar-refractivity contribution in [3.63, 3.8) is 0 Å². The van der Waals surface area contributed by atoms with Crippen molar-refractivity contribution in [3.8, 4) is 0 Å². The highest BCUT2D eigenvalue weighted by molar-refractivity contribution is 9.10. The molecule has 0 saturated carbocycles. The van der Waals surface area contributed by atoms with Crippen molar-refractivity contribution >= 4 is 27.5 Å². The van der Waals surface area contributed by atoms with Crippen LogP contribution in [0, 0.1) is 5.92 Å². The minimum atomic E-state index is -0.548. The molecule has 20 heavy (non-hydrogen) atoms. The van der Waals surface area contributed by atoms with Crippen molar-refractivity contribution in [3.05, 3.63) is 28.6 Å². The summed E-state index contributed by atoms with van der Waals surface area (Å²) >= 11 is 3.30. The van der Waals surface area contributed by atoms with Crippen LogP contribution in [0.25, 0.3) is 5.65 Å². The second-order valence-electron chi connectivity index (χ2n) is 4.76. The number of amides is 1. The third kappa shape index (κ3) is 3.16. The molecular formula is C13H17BrN4O2. The molecule has 0 fully saturated rings. The highest BCUT2D eigenvalue weighted by atomic mass is 79.9. The maximum atomic E-state index is 12.1. The van der Waals surface area contributed by atoms with E-state index >= 15 is 0 Å². The van der Waals surface area contributed by atoms with E-state index in [1.165, 1.54) is 10.7 Å². The summed E-state index contributed by atoms with van der Waals surface area (Å²) in [6.07, 6.45) is 5.13. The summed E-state index contributed by atoms with van der Waals surface area (Å²) in [7, 11) is 0. The van der Waals surface area contributed by atoms with Crippen LogP contribution in [0.15, 0.2) is 23.1 Å². The van der Waals surface area contributed by atoms with E-state index in [1.54, 1.807) is 12.4 Å². The Hall–Kier alpha value is -1.47. The highest BCUT2D eigenvalue weighted by Gasteiger charge is 2.17. The first-order valence-electron chi connectivity index (χ1n) is 6.48. The molecule has 2 atom stereocenters. The Morgan fingerprint density at radius 2 is 2.30 bits per heavy atom. The van der Waals surface area contributed by atoms with Gasteiger partial charge in [-0.25, -0.2) is 9.50 Å². The minimum absolute atomic E-state index is 0.147. The fraction of sp³-hybridized carbons (Fsp3) is 0.462. The maximum absolute atomic E-state index is 12.1. The molecule has 0 aromatic carbocycles. The van der Waals surface area contributed by atoms with Crippen molar-refractivity contribution in [1.29, 1.82) is 0 Å². The van der Waals surface area contributed by atoms with Crippen LogP contribution >= 0.6 is 15.9 Å². The van der Waals surface area contributed by atoms with Crippen LogP contribution in [0.2, 0.25) is 0 Å². The monoisotopic (exact) mass is 340 g/mol. The second-order valence-corrected chi connectivity index (χ2v) is 5.68. The zero-order valence-corrected chi connectivity index (χ0v) is 13.0. The predicted octanol–water partition coefficient (Wildman–Crippen LogP) is 1.63. The van der Waals surface area contributed by atoms with Crippen LogP contribution in [-0.2, 0) is 0 Å². The lowest BCUT2D eigenvalue weighted by Crippen LogP contribution is -2.35. The predicted molar refractivity (Wildman–Crippen MR) is 78.5 cm³/mol. The second kappa shape index (κ2) is 6.32. The highest BCUT2D eigenvalue weighted by Crippen LogP contribution is 2.12. The smallest absolute Gasteiger partial charge is 0.256 e. The molecule has 108 valence electrons. The van der Waals surface area contributed by atoms with E-state index in [0.29, 0.717) is 11.2 Å². The first kappa shape index (κ1) is 14.9. The zero-order valence-electron chi connectivity index (χ0n) is 11.4. The molecule has 1 amide bonds. The molecule has 2 aromatic rings. The van der Waals surface area contributed by atoms with E-state index in [1.807, 2.05) is 13.8 Å². The molecule has 0 aliphatic rings. The van der Waals surface area contributed by atoms with Gasteiger partial charge in [0.25, 0.3) is 5.91 Å². The first-order chi connectivity index (χ1) is 9.52. The van der Waals surface area contributed by atoms with Gasteiger partial charge < -0.3 is 10.4 Å². The molecule has 2 rings (SSSR count). The van der Waals surface area contributed by atoms with Gasteiger partial charge in [0.05, 0.1) is 16.8 Å². The number of halogens is 1. The van der Waals surface area contributed by atoms with Gasteiger partial charge in [-0.05, 0) is 21.8 Å². The Morgan fingerprint density at radius 1 is 1.55 bits per heavy atom. The Kier molecular flexibility index (Phi) is 4.72. The number of aromatic nitrogens is 3. The number of fused-ring (bicyclic) bond motifs is 1. The van der Waals surface area contributed by atoms with Crippen LogP contribution in [0.3, 0.4) is 0 Å². The van der Waals surface area contributed by atoms with Gasteiger partial charge in [0.1, 0.15) is 5.56 Å². The van der Waals surface area contributed by atoms with Gasteiger partial charge in [-0.3, -0.25) is 4.79 Å². The Balaban J connectivity index is 2.08. The largest absolute Gasteiger partial charge is 0.391 e. The summed E-state index contributed by atoms with van der Waals surface area (Å²) in [4.78, 5) is 16.3. The maximum Gasteiger partial charge on any atom is 0.256 e. The number of carbonyl (C=O) groups excluding carboxylic acids is 1. The lowest BCUT2D eigenvalue weighted by atomic mass is 10.0. The fourth-order valence-electron chi connectivity index (χ4n) is 1.78. The van der Waals surface area contributed by atoms with Crippen molar-refractivity contribution in [2.24, 2.45) is 5.92 Å². The summed E-state index contributed by atoms with van der Waals surface area (Å²) in [6.45, 7) is 4.18. The molecule has 2 N–H and O–H groups in total. The SMILES string of the molecule is CCC(C)C(O)CNC(=O)c1cnn2cc(Br)cnc12. The van der Waals surface area contributed by atoms with Gasteiger partial charge in [-0.1, -0.05) is 20.3 Å². The Bertz CT molecular complexity index is 613. The van der Waals surface area contributed by atoms with E-state index in [0.717, 1.165) is 10.9 Å². The Morgan fingerprint density at radius 3 is 3.00 bits per heavy atom. The average molecular weight is 341 g/mol. The van der Waals surface area contributed by atoms with Crippen LogP contribution < -0.4 is 5.32 Å². The summed E-state index contributed by atoms with van der Waals surface area (Å²) < 4.78 is 2.32. The molecular weight excluding hydrogens is 324 g/mol. The van der Waals surface area contributed by atoms with Crippen molar-refractivity contribution < 1.29 is 9.90 Å². The quantitative estimate of drug-likeness (QED) is 0.866. The van der Waals surface area contributed by atoms with E-state index in [2.05, 4.69) is 31.3 Å². The van der Waals surface area contributed by atoms with Gasteiger partial charge in [0, 0.05) is 18.9 Å². The number of hydrogen-bond acceptors (Lipinski definition) is 4. The molecule has 0 aliphatic carbocycles. The van der Waals surface area contributed by atoms with Gasteiger partial charge in [0.2, 0.25) is 0 Å². The van der Waals surface area contributed by atoms with Crippen LogP contribution in [0.1, 0.15) is 30.6 Å². The molecule has 0 radical (unpaired) electrons. The number of nitrogens with zero attached hydrogens (tertiary/aromatic N) is 3. The van der Waals surface area contributed by atoms with E-state index < -0.39 is 6.10 Å². The number of hydrogen-bond donors (Lipinski definition) is 2. The van der Waals surface area contributed by atoms with Crippen molar-refractivity contribution in [2.45, 2.75) is 26.4 Å². The average Bonchev–Trinajstić information content (AvgIpc) is 2.86. The summed E-state index contributed by atoms with van der Waals surface area (Å²) in [5.41, 5.74) is 0.887. The minimum Gasteiger partial charge on any atom is -0.391 e. The number of carbonyl (C=O) groups is 1. The van der Waals surface area contributed by atoms with E-state index in [-0.39, 0.29) is 18.4 Å². The van der Waals surface area contributed by atoms with Crippen LogP contribution in [0.4, 0.5) is 0 Å². The van der Waals surface area contributed by atoms with Gasteiger partial charge >= 0.3 is 0 Å². The summed E-state index contributed by atoms with van der Waals surface area (Å²) in [5.74, 6) is -0.134. The number of nitrogens with one attached hydrogen (secondary N) is 1. The van der Waals surface area contributed by atoms with E-state index in [9.17, 15) is 9.90 Å². The fourth-order valence-corrected chi connectivity index (χ4v) is 2.07. The van der Waals surface area contributed by atoms with Gasteiger partial charge in [-0.15, -0.1) is 0 Å². The van der Waals surface area contributed by atoms with Gasteiger partial charge in [-0.2, -0.15) is 5.10 Å².